The first-order valence-electron chi connectivity index (χ1n) is 8.58. The van der Waals surface area contributed by atoms with Crippen molar-refractivity contribution < 1.29 is 22.0 Å². The zero-order valence-corrected chi connectivity index (χ0v) is 17.3. The Morgan fingerprint density at radius 2 is 2.10 bits per heavy atom. The molecule has 0 fully saturated rings. The van der Waals surface area contributed by atoms with Crippen molar-refractivity contribution in [3.05, 3.63) is 64.7 Å². The molecule has 156 valence electrons. The number of anilines is 1. The lowest BCUT2D eigenvalue weighted by molar-refractivity contribution is 0.413. The van der Waals surface area contributed by atoms with Gasteiger partial charge in [0.05, 0.1) is 18.7 Å². The zero-order valence-electron chi connectivity index (χ0n) is 15.7. The number of methoxy groups -OCH3 is 1. The first-order valence-corrected chi connectivity index (χ1v) is 10.8. The van der Waals surface area contributed by atoms with E-state index in [1.807, 2.05) is 0 Å². The fourth-order valence-corrected chi connectivity index (χ4v) is 4.78. The second-order valence-electron chi connectivity index (χ2n) is 6.29. The molecule has 4 aromatic rings. The lowest BCUT2D eigenvalue weighted by atomic mass is 10.1. The Bertz CT molecular complexity index is 1380. The largest absolute Gasteiger partial charge is 0.497 e. The Morgan fingerprint density at radius 1 is 1.30 bits per heavy atom. The molecule has 2 aromatic heterocycles. The highest BCUT2D eigenvalue weighted by atomic mass is 32.2. The molecule has 30 heavy (non-hydrogen) atoms. The molecule has 1 unspecified atom stereocenters. The highest BCUT2D eigenvalue weighted by Crippen LogP contribution is 2.28. The summed E-state index contributed by atoms with van der Waals surface area (Å²) in [5.41, 5.74) is 0.797. The molecular weight excluding hydrogens is 435 g/mol. The van der Waals surface area contributed by atoms with Gasteiger partial charge in [-0.05, 0) is 24.6 Å². The monoisotopic (exact) mass is 450 g/mol. The minimum Gasteiger partial charge on any atom is -0.497 e. The molecule has 0 saturated carbocycles. The molecule has 0 saturated heterocycles. The Hall–Kier alpha value is -3.25. The molecular formula is C18H15FN4O5S2. The number of nitrogens with zero attached hydrogens (tertiary/aromatic N) is 3. The molecule has 0 aliphatic rings. The predicted molar refractivity (Wildman–Crippen MR) is 108 cm³/mol. The number of fused-ring (bicyclic) bond motifs is 1. The van der Waals surface area contributed by atoms with E-state index in [0.717, 1.165) is 29.2 Å². The molecule has 0 aliphatic carbocycles. The van der Waals surface area contributed by atoms with Gasteiger partial charge < -0.3 is 9.15 Å². The summed E-state index contributed by atoms with van der Waals surface area (Å²) in [5, 5.41) is -0.0137. The average molecular weight is 450 g/mol. The third-order valence-electron chi connectivity index (χ3n) is 4.50. The lowest BCUT2D eigenvalue weighted by Crippen LogP contribution is -2.19. The van der Waals surface area contributed by atoms with Crippen LogP contribution < -0.4 is 15.2 Å². The lowest BCUT2D eigenvalue weighted by Gasteiger charge is -2.14. The van der Waals surface area contributed by atoms with Gasteiger partial charge in [0, 0.05) is 23.7 Å². The van der Waals surface area contributed by atoms with E-state index in [0.29, 0.717) is 5.75 Å². The van der Waals surface area contributed by atoms with E-state index >= 15 is 0 Å². The standard InChI is InChI=1S/C18H15FN4O5S2/c1-10(11-4-3-5-12(6-11)27-2)23-14-7-13(19)16(8-15(14)28-18(23)24)30(25,26)22-17-20-9-21-29-17/h3-10H,1-2H3,(H,20,21,22). The van der Waals surface area contributed by atoms with Crippen LogP contribution >= 0.6 is 11.5 Å². The highest BCUT2D eigenvalue weighted by Gasteiger charge is 2.25. The average Bonchev–Trinajstić information content (AvgIpc) is 3.33. The van der Waals surface area contributed by atoms with Crippen molar-refractivity contribution in [3.63, 3.8) is 0 Å². The fraction of sp³-hybridized carbons (Fsp3) is 0.167. The summed E-state index contributed by atoms with van der Waals surface area (Å²) in [6, 6.07) is 8.48. The second kappa shape index (κ2) is 7.54. The molecule has 0 bridgehead atoms. The number of nitrogens with one attached hydrogen (secondary N) is 1. The molecule has 0 amide bonds. The topological polar surface area (TPSA) is 116 Å². The molecule has 0 radical (unpaired) electrons. The van der Waals surface area contributed by atoms with Crippen molar-refractivity contribution in [3.8, 4) is 5.75 Å². The van der Waals surface area contributed by atoms with Crippen molar-refractivity contribution in [2.24, 2.45) is 0 Å². The Balaban J connectivity index is 1.80. The summed E-state index contributed by atoms with van der Waals surface area (Å²) in [5.74, 6) is -1.18. The summed E-state index contributed by atoms with van der Waals surface area (Å²) in [6.45, 7) is 1.74. The third kappa shape index (κ3) is 3.55. The summed E-state index contributed by atoms with van der Waals surface area (Å²) in [7, 11) is -2.77. The van der Waals surface area contributed by atoms with E-state index < -0.39 is 32.5 Å². The maximum Gasteiger partial charge on any atom is 0.420 e. The van der Waals surface area contributed by atoms with E-state index in [-0.39, 0.29) is 16.2 Å². The quantitative estimate of drug-likeness (QED) is 0.480. The number of rotatable bonds is 6. The van der Waals surface area contributed by atoms with Gasteiger partial charge in [-0.15, -0.1) is 0 Å². The van der Waals surface area contributed by atoms with Crippen molar-refractivity contribution in [1.82, 2.24) is 13.9 Å². The first-order chi connectivity index (χ1) is 14.3. The number of hydrogen-bond acceptors (Lipinski definition) is 8. The number of hydrogen-bond donors (Lipinski definition) is 1. The van der Waals surface area contributed by atoms with Gasteiger partial charge in [-0.1, -0.05) is 12.1 Å². The summed E-state index contributed by atoms with van der Waals surface area (Å²) in [6.07, 6.45) is 1.17. The van der Waals surface area contributed by atoms with Gasteiger partial charge in [0.25, 0.3) is 10.0 Å². The summed E-state index contributed by atoms with van der Waals surface area (Å²) >= 11 is 0.803. The van der Waals surface area contributed by atoms with Gasteiger partial charge in [-0.2, -0.15) is 4.37 Å². The maximum atomic E-state index is 14.8. The predicted octanol–water partition coefficient (Wildman–Crippen LogP) is 3.00. The SMILES string of the molecule is COc1cccc(C(C)n2c(=O)oc3cc(S(=O)(=O)Nc4ncns4)c(F)cc32)c1. The Labute approximate surface area is 174 Å². The van der Waals surface area contributed by atoms with Crippen LogP contribution in [-0.2, 0) is 10.0 Å². The molecule has 12 heteroatoms. The minimum absolute atomic E-state index is 0.0137. The van der Waals surface area contributed by atoms with Crippen molar-refractivity contribution >= 4 is 37.8 Å². The van der Waals surface area contributed by atoms with Gasteiger partial charge in [-0.25, -0.2) is 22.6 Å². The van der Waals surface area contributed by atoms with Crippen molar-refractivity contribution in [2.75, 3.05) is 11.8 Å². The normalized spacial score (nSPS) is 12.8. The van der Waals surface area contributed by atoms with E-state index in [2.05, 4.69) is 14.1 Å². The summed E-state index contributed by atoms with van der Waals surface area (Å²) < 4.78 is 57.3. The third-order valence-corrected chi connectivity index (χ3v) is 6.57. The molecule has 2 aromatic carbocycles. The van der Waals surface area contributed by atoms with Crippen LogP contribution in [0.4, 0.5) is 9.52 Å². The molecule has 0 aliphatic heterocycles. The zero-order chi connectivity index (χ0) is 21.5. The number of sulfonamides is 1. The van der Waals surface area contributed by atoms with Gasteiger partial charge in [0.15, 0.2) is 5.58 Å². The smallest absolute Gasteiger partial charge is 0.420 e. The Morgan fingerprint density at radius 3 is 2.80 bits per heavy atom. The van der Waals surface area contributed by atoms with E-state index in [1.54, 1.807) is 31.2 Å². The molecule has 9 nitrogen and oxygen atoms in total. The molecule has 0 spiro atoms. The molecule has 1 atom stereocenters. The number of aromatic nitrogens is 3. The molecule has 1 N–H and O–H groups in total. The Kier molecular flexibility index (Phi) is 5.03. The van der Waals surface area contributed by atoms with Crippen LogP contribution in [0, 0.1) is 5.82 Å². The highest BCUT2D eigenvalue weighted by molar-refractivity contribution is 7.93. The van der Waals surface area contributed by atoms with Crippen LogP contribution in [0.25, 0.3) is 11.1 Å². The number of ether oxygens (including phenoxy) is 1. The summed E-state index contributed by atoms with van der Waals surface area (Å²) in [4.78, 5) is 15.5. The first kappa shape index (κ1) is 20.0. The van der Waals surface area contributed by atoms with Crippen LogP contribution in [0.15, 0.2) is 56.8 Å². The molecule has 4 rings (SSSR count). The van der Waals surface area contributed by atoms with Gasteiger partial charge in [0.1, 0.15) is 22.8 Å². The van der Waals surface area contributed by atoms with E-state index in [4.69, 9.17) is 9.15 Å². The van der Waals surface area contributed by atoms with Crippen LogP contribution in [-0.4, -0.2) is 29.5 Å². The number of benzene rings is 2. The van der Waals surface area contributed by atoms with Crippen LogP contribution in [0.3, 0.4) is 0 Å². The van der Waals surface area contributed by atoms with Crippen LogP contribution in [0.1, 0.15) is 18.5 Å². The maximum absolute atomic E-state index is 14.8. The van der Waals surface area contributed by atoms with E-state index in [9.17, 15) is 17.6 Å². The molecule has 2 heterocycles. The van der Waals surface area contributed by atoms with Gasteiger partial charge >= 0.3 is 5.76 Å². The van der Waals surface area contributed by atoms with Crippen molar-refractivity contribution in [2.45, 2.75) is 17.9 Å². The number of halogens is 1. The fourth-order valence-electron chi connectivity index (χ4n) is 3.05. The minimum atomic E-state index is -4.30. The van der Waals surface area contributed by atoms with Crippen molar-refractivity contribution in [1.29, 1.82) is 0 Å². The van der Waals surface area contributed by atoms with Gasteiger partial charge in [0.2, 0.25) is 5.13 Å². The van der Waals surface area contributed by atoms with E-state index in [1.165, 1.54) is 18.0 Å². The number of oxazole rings is 1. The van der Waals surface area contributed by atoms with Crippen LogP contribution in [0.5, 0.6) is 5.75 Å². The van der Waals surface area contributed by atoms with Gasteiger partial charge in [-0.3, -0.25) is 9.29 Å². The second-order valence-corrected chi connectivity index (χ2v) is 8.72. The van der Waals surface area contributed by atoms with Crippen LogP contribution in [0.2, 0.25) is 0 Å².